The van der Waals surface area contributed by atoms with E-state index in [2.05, 4.69) is 5.10 Å². The van der Waals surface area contributed by atoms with Crippen LogP contribution >= 0.6 is 0 Å². The van der Waals surface area contributed by atoms with Crippen molar-refractivity contribution in [1.29, 1.82) is 0 Å². The second-order valence-corrected chi connectivity index (χ2v) is 3.88. The minimum atomic E-state index is 0.138. The summed E-state index contributed by atoms with van der Waals surface area (Å²) in [6, 6.07) is 0.138. The highest BCUT2D eigenvalue weighted by atomic mass is 16.7. The molecule has 0 aliphatic carbocycles. The summed E-state index contributed by atoms with van der Waals surface area (Å²) in [6.07, 6.45) is 6.17. The Labute approximate surface area is 89.8 Å². The minimum absolute atomic E-state index is 0.138. The number of hydroxylamine groups is 2. The normalized spacial score (nSPS) is 20.4. The van der Waals surface area contributed by atoms with Crippen molar-refractivity contribution in [1.82, 2.24) is 14.8 Å². The average molecular weight is 210 g/mol. The van der Waals surface area contributed by atoms with E-state index in [1.54, 1.807) is 4.68 Å². The number of nitrogens with two attached hydrogens (primary N) is 1. The fourth-order valence-electron chi connectivity index (χ4n) is 1.89. The Bertz CT molecular complexity index is 306. The van der Waals surface area contributed by atoms with Crippen LogP contribution in [0.25, 0.3) is 0 Å². The van der Waals surface area contributed by atoms with Gasteiger partial charge in [-0.25, -0.2) is 0 Å². The van der Waals surface area contributed by atoms with Crippen molar-refractivity contribution in [3.63, 3.8) is 0 Å². The lowest BCUT2D eigenvalue weighted by atomic mass is 10.1. The van der Waals surface area contributed by atoms with Gasteiger partial charge in [-0.1, -0.05) is 0 Å². The lowest BCUT2D eigenvalue weighted by molar-refractivity contribution is -0.206. The zero-order chi connectivity index (χ0) is 10.7. The van der Waals surface area contributed by atoms with Gasteiger partial charge in [0.25, 0.3) is 0 Å². The van der Waals surface area contributed by atoms with E-state index in [9.17, 15) is 0 Å². The highest BCUT2D eigenvalue weighted by Crippen LogP contribution is 2.22. The van der Waals surface area contributed by atoms with E-state index in [0.717, 1.165) is 25.1 Å². The van der Waals surface area contributed by atoms with Gasteiger partial charge in [0.05, 0.1) is 18.8 Å². The second-order valence-electron chi connectivity index (χ2n) is 3.88. The number of hydrogen-bond acceptors (Lipinski definition) is 4. The van der Waals surface area contributed by atoms with Crippen molar-refractivity contribution >= 4 is 0 Å². The van der Waals surface area contributed by atoms with Crippen LogP contribution in [-0.4, -0.2) is 34.5 Å². The van der Waals surface area contributed by atoms with Crippen LogP contribution in [-0.2, 0) is 11.9 Å². The molecule has 2 rings (SSSR count). The maximum atomic E-state index is 5.79. The topological polar surface area (TPSA) is 56.3 Å². The first-order chi connectivity index (χ1) is 7.31. The van der Waals surface area contributed by atoms with Gasteiger partial charge in [-0.05, 0) is 12.8 Å². The number of aryl methyl sites for hydroxylation is 1. The van der Waals surface area contributed by atoms with E-state index in [-0.39, 0.29) is 6.04 Å². The van der Waals surface area contributed by atoms with E-state index in [0.29, 0.717) is 6.54 Å². The Balaban J connectivity index is 2.08. The maximum Gasteiger partial charge on any atom is 0.0754 e. The molecule has 1 aliphatic heterocycles. The first-order valence-corrected chi connectivity index (χ1v) is 5.39. The molecule has 1 aromatic heterocycles. The Morgan fingerprint density at radius 3 is 3.00 bits per heavy atom. The molecule has 1 atom stereocenters. The van der Waals surface area contributed by atoms with Gasteiger partial charge in [0, 0.05) is 31.9 Å². The molecule has 1 fully saturated rings. The Morgan fingerprint density at radius 2 is 2.47 bits per heavy atom. The molecular weight excluding hydrogens is 192 g/mol. The van der Waals surface area contributed by atoms with E-state index >= 15 is 0 Å². The molecule has 0 radical (unpaired) electrons. The zero-order valence-corrected chi connectivity index (χ0v) is 9.09. The predicted octanol–water partition coefficient (Wildman–Crippen LogP) is 0.447. The number of nitrogens with zero attached hydrogens (tertiary/aromatic N) is 3. The van der Waals surface area contributed by atoms with Crippen LogP contribution in [0.5, 0.6) is 0 Å². The summed E-state index contributed by atoms with van der Waals surface area (Å²) in [4.78, 5) is 5.61. The summed E-state index contributed by atoms with van der Waals surface area (Å²) in [7, 11) is 1.91. The maximum absolute atomic E-state index is 5.79. The molecule has 2 heterocycles. The Kier molecular flexibility index (Phi) is 3.35. The molecule has 2 N–H and O–H groups in total. The van der Waals surface area contributed by atoms with E-state index in [1.807, 2.05) is 24.5 Å². The molecular formula is C10H18N4O. The third-order valence-corrected chi connectivity index (χ3v) is 2.71. The largest absolute Gasteiger partial charge is 0.329 e. The van der Waals surface area contributed by atoms with Crippen LogP contribution < -0.4 is 5.73 Å². The molecule has 1 saturated heterocycles. The molecule has 0 spiro atoms. The van der Waals surface area contributed by atoms with E-state index in [1.165, 1.54) is 6.42 Å². The smallest absolute Gasteiger partial charge is 0.0754 e. The van der Waals surface area contributed by atoms with Crippen LogP contribution in [0.2, 0.25) is 0 Å². The first-order valence-electron chi connectivity index (χ1n) is 5.39. The van der Waals surface area contributed by atoms with Crippen molar-refractivity contribution in [3.05, 3.63) is 18.0 Å². The number of rotatable bonds is 3. The molecule has 84 valence electrons. The molecule has 15 heavy (non-hydrogen) atoms. The van der Waals surface area contributed by atoms with Gasteiger partial charge >= 0.3 is 0 Å². The molecule has 5 heteroatoms. The molecule has 0 amide bonds. The zero-order valence-electron chi connectivity index (χ0n) is 9.09. The summed E-state index contributed by atoms with van der Waals surface area (Å²) < 4.78 is 1.79. The summed E-state index contributed by atoms with van der Waals surface area (Å²) in [6.45, 7) is 2.32. The van der Waals surface area contributed by atoms with Crippen LogP contribution in [0, 0.1) is 0 Å². The van der Waals surface area contributed by atoms with E-state index < -0.39 is 0 Å². The molecule has 5 nitrogen and oxygen atoms in total. The lowest BCUT2D eigenvalue weighted by Crippen LogP contribution is -2.37. The van der Waals surface area contributed by atoms with Gasteiger partial charge in [0.2, 0.25) is 0 Å². The predicted molar refractivity (Wildman–Crippen MR) is 56.9 cm³/mol. The molecule has 0 bridgehead atoms. The third-order valence-electron chi connectivity index (χ3n) is 2.71. The van der Waals surface area contributed by atoms with Gasteiger partial charge in [-0.15, -0.1) is 0 Å². The van der Waals surface area contributed by atoms with Gasteiger partial charge < -0.3 is 5.73 Å². The van der Waals surface area contributed by atoms with Gasteiger partial charge in [-0.2, -0.15) is 10.2 Å². The quantitative estimate of drug-likeness (QED) is 0.787. The average Bonchev–Trinajstić information content (AvgIpc) is 2.68. The van der Waals surface area contributed by atoms with Gasteiger partial charge in [0.1, 0.15) is 0 Å². The molecule has 0 aromatic carbocycles. The number of aromatic nitrogens is 2. The first kappa shape index (κ1) is 10.6. The summed E-state index contributed by atoms with van der Waals surface area (Å²) in [5.74, 6) is 0. The lowest BCUT2D eigenvalue weighted by Gasteiger charge is -2.32. The summed E-state index contributed by atoms with van der Waals surface area (Å²) in [5.41, 5.74) is 6.91. The van der Waals surface area contributed by atoms with Crippen molar-refractivity contribution in [2.45, 2.75) is 18.9 Å². The van der Waals surface area contributed by atoms with Crippen LogP contribution in [0.15, 0.2) is 12.4 Å². The fraction of sp³-hybridized carbons (Fsp3) is 0.700. The van der Waals surface area contributed by atoms with Crippen LogP contribution in [0.4, 0.5) is 0 Å². The van der Waals surface area contributed by atoms with Crippen molar-refractivity contribution < 1.29 is 4.84 Å². The standard InChI is InChI=1S/C10H18N4O/c1-13-8-9(7-12-13)10(6-11)14-4-2-3-5-15-14/h7-8,10H,2-6,11H2,1H3. The number of hydrogen-bond donors (Lipinski definition) is 1. The van der Waals surface area contributed by atoms with E-state index in [4.69, 9.17) is 10.6 Å². The van der Waals surface area contributed by atoms with Gasteiger partial charge in [-0.3, -0.25) is 9.52 Å². The van der Waals surface area contributed by atoms with Crippen molar-refractivity contribution in [2.24, 2.45) is 12.8 Å². The molecule has 1 aromatic rings. The summed E-state index contributed by atoms with van der Waals surface area (Å²) >= 11 is 0. The molecule has 1 aliphatic rings. The summed E-state index contributed by atoms with van der Waals surface area (Å²) in [5, 5.41) is 6.15. The second kappa shape index (κ2) is 4.74. The van der Waals surface area contributed by atoms with Crippen LogP contribution in [0.3, 0.4) is 0 Å². The SMILES string of the molecule is Cn1cc(C(CN)N2CCCCO2)cn1. The highest BCUT2D eigenvalue weighted by molar-refractivity contribution is 5.10. The van der Waals surface area contributed by atoms with Gasteiger partial charge in [0.15, 0.2) is 0 Å². The highest BCUT2D eigenvalue weighted by Gasteiger charge is 2.23. The fourth-order valence-corrected chi connectivity index (χ4v) is 1.89. The molecule has 1 unspecified atom stereocenters. The monoisotopic (exact) mass is 210 g/mol. The third kappa shape index (κ3) is 2.37. The minimum Gasteiger partial charge on any atom is -0.329 e. The van der Waals surface area contributed by atoms with Crippen LogP contribution in [0.1, 0.15) is 24.4 Å². The Morgan fingerprint density at radius 1 is 1.60 bits per heavy atom. The van der Waals surface area contributed by atoms with Crippen molar-refractivity contribution in [2.75, 3.05) is 19.7 Å². The van der Waals surface area contributed by atoms with Crippen molar-refractivity contribution in [3.8, 4) is 0 Å². The Hall–Kier alpha value is -0.910. The molecule has 0 saturated carbocycles.